The zero-order valence-corrected chi connectivity index (χ0v) is 11.5. The van der Waals surface area contributed by atoms with Crippen molar-refractivity contribution in [2.75, 3.05) is 13.2 Å². The second-order valence-corrected chi connectivity index (χ2v) is 2.41. The molecule has 0 aromatic rings. The highest BCUT2D eigenvalue weighted by Gasteiger charge is 2.11. The third-order valence-electron chi connectivity index (χ3n) is 1.54. The first kappa shape index (κ1) is 17.2. The second kappa shape index (κ2) is 13.8. The van der Waals surface area contributed by atoms with E-state index in [0.717, 1.165) is 11.5 Å². The van der Waals surface area contributed by atoms with E-state index in [4.69, 9.17) is 9.47 Å². The number of rotatable bonds is 1. The van der Waals surface area contributed by atoms with Crippen LogP contribution in [0, 0.1) is 0 Å². The summed E-state index contributed by atoms with van der Waals surface area (Å²) in [6.07, 6.45) is 7.72. The van der Waals surface area contributed by atoms with Gasteiger partial charge in [-0.2, -0.15) is 0 Å². The van der Waals surface area contributed by atoms with E-state index in [-0.39, 0.29) is 0 Å². The van der Waals surface area contributed by atoms with E-state index >= 15 is 0 Å². The minimum absolute atomic E-state index is 0.640. The Hall–Kier alpha value is -1.18. The summed E-state index contributed by atoms with van der Waals surface area (Å²) >= 11 is 0. The summed E-state index contributed by atoms with van der Waals surface area (Å²) in [7, 11) is 0. The van der Waals surface area contributed by atoms with Crippen LogP contribution in [-0.2, 0) is 9.47 Å². The van der Waals surface area contributed by atoms with Gasteiger partial charge in [-0.3, -0.25) is 0 Å². The predicted octanol–water partition coefficient (Wildman–Crippen LogP) is 4.45. The third-order valence-corrected chi connectivity index (χ3v) is 1.54. The van der Waals surface area contributed by atoms with Gasteiger partial charge in [-0.25, -0.2) is 0 Å². The summed E-state index contributed by atoms with van der Waals surface area (Å²) in [4.78, 5) is 0. The summed E-state index contributed by atoms with van der Waals surface area (Å²) in [5, 5.41) is 0. The van der Waals surface area contributed by atoms with Crippen molar-refractivity contribution in [3.05, 3.63) is 35.8 Å². The van der Waals surface area contributed by atoms with Crippen molar-refractivity contribution < 1.29 is 9.47 Å². The van der Waals surface area contributed by atoms with Crippen molar-refractivity contribution in [1.29, 1.82) is 0 Å². The molecule has 0 aliphatic carbocycles. The maximum absolute atomic E-state index is 5.40. The molecule has 1 fully saturated rings. The first-order chi connectivity index (χ1) is 7.88. The molecule has 0 N–H and O–H groups in total. The van der Waals surface area contributed by atoms with Crippen molar-refractivity contribution in [3.63, 3.8) is 0 Å². The van der Waals surface area contributed by atoms with Crippen LogP contribution >= 0.6 is 0 Å². The van der Waals surface area contributed by atoms with E-state index in [1.54, 1.807) is 0 Å². The van der Waals surface area contributed by atoms with E-state index in [9.17, 15) is 0 Å². The Morgan fingerprint density at radius 1 is 0.875 bits per heavy atom. The average molecular weight is 226 g/mol. The topological polar surface area (TPSA) is 18.5 Å². The number of allylic oxidation sites excluding steroid dienone is 4. The largest absolute Gasteiger partial charge is 0.486 e. The highest BCUT2D eigenvalue weighted by Crippen LogP contribution is 2.17. The molecule has 0 unspecified atom stereocenters. The predicted molar refractivity (Wildman–Crippen MR) is 71.3 cm³/mol. The fourth-order valence-corrected chi connectivity index (χ4v) is 0.985. The number of ether oxygens (including phenoxy) is 2. The van der Waals surface area contributed by atoms with Crippen LogP contribution in [0.4, 0.5) is 0 Å². The lowest BCUT2D eigenvalue weighted by Gasteiger charge is -2.19. The normalized spacial score (nSPS) is 19.1. The van der Waals surface area contributed by atoms with Crippen LogP contribution < -0.4 is 0 Å². The molecule has 0 saturated carbocycles. The molecule has 1 saturated heterocycles. The van der Waals surface area contributed by atoms with Gasteiger partial charge in [0.2, 0.25) is 0 Å². The van der Waals surface area contributed by atoms with Crippen molar-refractivity contribution >= 4 is 0 Å². The Kier molecular flexibility index (Phi) is 14.9. The van der Waals surface area contributed by atoms with E-state index in [2.05, 4.69) is 0 Å². The molecular formula is C14H26O2. The zero-order valence-electron chi connectivity index (χ0n) is 11.5. The molecule has 2 nitrogen and oxygen atoms in total. The molecule has 94 valence electrons. The van der Waals surface area contributed by atoms with Gasteiger partial charge in [0.1, 0.15) is 13.2 Å². The van der Waals surface area contributed by atoms with Gasteiger partial charge in [-0.05, 0) is 26.0 Å². The minimum Gasteiger partial charge on any atom is -0.486 e. The van der Waals surface area contributed by atoms with Gasteiger partial charge in [-0.1, -0.05) is 39.8 Å². The molecular weight excluding hydrogens is 200 g/mol. The fourth-order valence-electron chi connectivity index (χ4n) is 0.985. The highest BCUT2D eigenvalue weighted by molar-refractivity contribution is 5.24. The van der Waals surface area contributed by atoms with Gasteiger partial charge in [0.05, 0.1) is 0 Å². The third kappa shape index (κ3) is 7.16. The Balaban J connectivity index is 0. The van der Waals surface area contributed by atoms with E-state index in [1.807, 2.05) is 65.8 Å². The monoisotopic (exact) mass is 226 g/mol. The SMILES string of the molecule is CC.CC.C\C=C/C=C1/OCCO/C1=C/C. The van der Waals surface area contributed by atoms with Crippen LogP contribution in [0.3, 0.4) is 0 Å². The van der Waals surface area contributed by atoms with E-state index in [0.29, 0.717) is 13.2 Å². The molecule has 2 heteroatoms. The van der Waals surface area contributed by atoms with Crippen molar-refractivity contribution in [2.24, 2.45) is 0 Å². The lowest BCUT2D eigenvalue weighted by atomic mass is 10.3. The van der Waals surface area contributed by atoms with Crippen LogP contribution in [-0.4, -0.2) is 13.2 Å². The summed E-state index contributed by atoms with van der Waals surface area (Å²) < 4.78 is 10.8. The summed E-state index contributed by atoms with van der Waals surface area (Å²) in [5.41, 5.74) is 0. The molecule has 16 heavy (non-hydrogen) atoms. The van der Waals surface area contributed by atoms with Crippen LogP contribution in [0.25, 0.3) is 0 Å². The zero-order chi connectivity index (χ0) is 12.8. The van der Waals surface area contributed by atoms with Gasteiger partial charge >= 0.3 is 0 Å². The van der Waals surface area contributed by atoms with Crippen molar-refractivity contribution in [2.45, 2.75) is 41.5 Å². The van der Waals surface area contributed by atoms with Crippen LogP contribution in [0.1, 0.15) is 41.5 Å². The molecule has 1 heterocycles. The van der Waals surface area contributed by atoms with Gasteiger partial charge in [-0.15, -0.1) is 0 Å². The minimum atomic E-state index is 0.640. The molecule has 1 aliphatic heterocycles. The average Bonchev–Trinajstić information content (AvgIpc) is 2.41. The van der Waals surface area contributed by atoms with Gasteiger partial charge in [0, 0.05) is 0 Å². The highest BCUT2D eigenvalue weighted by atomic mass is 16.6. The molecule has 0 bridgehead atoms. The van der Waals surface area contributed by atoms with Crippen molar-refractivity contribution in [3.8, 4) is 0 Å². The first-order valence-corrected chi connectivity index (χ1v) is 6.13. The number of hydrogen-bond acceptors (Lipinski definition) is 2. The van der Waals surface area contributed by atoms with Crippen LogP contribution in [0.2, 0.25) is 0 Å². The summed E-state index contributed by atoms with van der Waals surface area (Å²) in [6.45, 7) is 13.2. The van der Waals surface area contributed by atoms with Crippen LogP contribution in [0.15, 0.2) is 35.8 Å². The number of hydrogen-bond donors (Lipinski definition) is 0. The van der Waals surface area contributed by atoms with Gasteiger partial charge < -0.3 is 9.47 Å². The van der Waals surface area contributed by atoms with E-state index < -0.39 is 0 Å². The van der Waals surface area contributed by atoms with Crippen molar-refractivity contribution in [1.82, 2.24) is 0 Å². The molecule has 1 aliphatic rings. The lowest BCUT2D eigenvalue weighted by molar-refractivity contribution is 0.0594. The molecule has 0 radical (unpaired) electrons. The van der Waals surface area contributed by atoms with E-state index in [1.165, 1.54) is 0 Å². The maximum Gasteiger partial charge on any atom is 0.160 e. The smallest absolute Gasteiger partial charge is 0.160 e. The summed E-state index contributed by atoms with van der Waals surface area (Å²) in [5.74, 6) is 1.65. The van der Waals surface area contributed by atoms with Crippen LogP contribution in [0.5, 0.6) is 0 Å². The summed E-state index contributed by atoms with van der Waals surface area (Å²) in [6, 6.07) is 0. The standard InChI is InChI=1S/C10H14O2.2C2H6/c1-3-5-6-10-9(4-2)11-7-8-12-10;2*1-2/h3-6H,7-8H2,1-2H3;2*1-2H3/b5-3-,9-4+,10-6+;;. The Labute approximate surface area is 101 Å². The first-order valence-electron chi connectivity index (χ1n) is 6.13. The second-order valence-electron chi connectivity index (χ2n) is 2.41. The fraction of sp³-hybridized carbons (Fsp3) is 0.571. The lowest BCUT2D eigenvalue weighted by Crippen LogP contribution is -2.13. The Morgan fingerprint density at radius 2 is 1.38 bits per heavy atom. The van der Waals surface area contributed by atoms with Gasteiger partial charge in [0.25, 0.3) is 0 Å². The molecule has 0 aromatic heterocycles. The molecule has 0 atom stereocenters. The maximum atomic E-state index is 5.40. The Bertz CT molecular complexity index is 225. The Morgan fingerprint density at radius 3 is 1.81 bits per heavy atom. The molecule has 0 amide bonds. The molecule has 0 aromatic carbocycles. The molecule has 0 spiro atoms. The molecule has 1 rings (SSSR count). The quantitative estimate of drug-likeness (QED) is 0.657. The van der Waals surface area contributed by atoms with Gasteiger partial charge in [0.15, 0.2) is 11.5 Å².